The van der Waals surface area contributed by atoms with Crippen LogP contribution in [0.2, 0.25) is 0 Å². The van der Waals surface area contributed by atoms with Gasteiger partial charge in [0.15, 0.2) is 0 Å². The van der Waals surface area contributed by atoms with E-state index in [1.54, 1.807) is 12.1 Å². The van der Waals surface area contributed by atoms with Gasteiger partial charge < -0.3 is 31.9 Å². The Morgan fingerprint density at radius 2 is 1.45 bits per heavy atom. The maximum Gasteiger partial charge on any atom is 0.252 e. The predicted octanol–water partition coefficient (Wildman–Crippen LogP) is 1.91. The Labute approximate surface area is 263 Å². The summed E-state index contributed by atoms with van der Waals surface area (Å²) >= 11 is 0. The number of aromatic nitrogens is 1. The highest BCUT2D eigenvalue weighted by atomic mass is 16.2. The highest BCUT2D eigenvalue weighted by Gasteiger charge is 2.31. The molecule has 0 aliphatic heterocycles. The first-order valence-corrected chi connectivity index (χ1v) is 15.9. The van der Waals surface area contributed by atoms with Crippen molar-refractivity contribution in [2.24, 2.45) is 17.8 Å². The second-order valence-electron chi connectivity index (χ2n) is 12.1. The predicted molar refractivity (Wildman–Crippen MR) is 171 cm³/mol. The van der Waals surface area contributed by atoms with Crippen LogP contribution in [0.3, 0.4) is 0 Å². The van der Waals surface area contributed by atoms with Gasteiger partial charge in [-0.05, 0) is 49.7 Å². The van der Waals surface area contributed by atoms with Gasteiger partial charge in [-0.25, -0.2) is 0 Å². The van der Waals surface area contributed by atoms with Crippen molar-refractivity contribution in [1.82, 2.24) is 36.9 Å². The summed E-state index contributed by atoms with van der Waals surface area (Å²) in [5.74, 6) is -1.65. The van der Waals surface area contributed by atoms with Crippen LogP contribution in [-0.4, -0.2) is 78.3 Å². The molecule has 0 spiro atoms. The van der Waals surface area contributed by atoms with Crippen LogP contribution in [-0.2, 0) is 19.2 Å². The SMILES string of the molecule is CCC[C@H](NC(=O)C(NC(=O)c1ccncc1)[C@@H](C)CC)C(=O)NC(CNCC(=O)NC(C(=O)NCC)C(C)C)CC(C)C. The van der Waals surface area contributed by atoms with Crippen molar-refractivity contribution >= 4 is 29.5 Å². The molecule has 1 rings (SSSR count). The van der Waals surface area contributed by atoms with Crippen molar-refractivity contribution in [3.63, 3.8) is 0 Å². The largest absolute Gasteiger partial charge is 0.355 e. The third-order valence-electron chi connectivity index (χ3n) is 7.33. The summed E-state index contributed by atoms with van der Waals surface area (Å²) in [5, 5.41) is 17.4. The fourth-order valence-corrected chi connectivity index (χ4v) is 4.72. The molecule has 0 bridgehead atoms. The van der Waals surface area contributed by atoms with Crippen LogP contribution in [0.1, 0.15) is 91.4 Å². The number of hydrogen-bond acceptors (Lipinski definition) is 7. The van der Waals surface area contributed by atoms with Crippen LogP contribution in [0, 0.1) is 17.8 Å². The monoisotopic (exact) mass is 617 g/mol. The molecule has 0 fully saturated rings. The summed E-state index contributed by atoms with van der Waals surface area (Å²) in [4.78, 5) is 68.5. The molecule has 6 N–H and O–H groups in total. The molecule has 1 heterocycles. The molecule has 0 aliphatic rings. The van der Waals surface area contributed by atoms with Gasteiger partial charge in [-0.3, -0.25) is 29.0 Å². The Hall–Kier alpha value is -3.54. The van der Waals surface area contributed by atoms with E-state index in [0.717, 1.165) is 0 Å². The number of likely N-dealkylation sites (N-methyl/N-ethyl adjacent to an activating group) is 1. The van der Waals surface area contributed by atoms with E-state index in [1.807, 2.05) is 55.4 Å². The minimum atomic E-state index is -0.825. The van der Waals surface area contributed by atoms with Gasteiger partial charge >= 0.3 is 0 Å². The molecule has 5 amide bonds. The third kappa shape index (κ3) is 13.8. The molecule has 5 atom stereocenters. The molecule has 0 saturated heterocycles. The molecular weight excluding hydrogens is 562 g/mol. The van der Waals surface area contributed by atoms with Crippen molar-refractivity contribution in [2.45, 2.75) is 105 Å². The Bertz CT molecular complexity index is 1050. The molecule has 44 heavy (non-hydrogen) atoms. The van der Waals surface area contributed by atoms with Crippen molar-refractivity contribution < 1.29 is 24.0 Å². The summed E-state index contributed by atoms with van der Waals surface area (Å²) in [7, 11) is 0. The van der Waals surface area contributed by atoms with Gasteiger partial charge in [0.2, 0.25) is 23.6 Å². The zero-order valence-electron chi connectivity index (χ0n) is 27.8. The fraction of sp³-hybridized carbons (Fsp3) is 0.688. The number of rotatable bonds is 20. The second kappa shape index (κ2) is 20.4. The summed E-state index contributed by atoms with van der Waals surface area (Å²) in [6, 6.07) is 0.599. The average molecular weight is 618 g/mol. The van der Waals surface area contributed by atoms with Gasteiger partial charge in [0.1, 0.15) is 18.1 Å². The van der Waals surface area contributed by atoms with Crippen LogP contribution >= 0.6 is 0 Å². The summed E-state index contributed by atoms with van der Waals surface area (Å²) in [6.45, 7) is 16.2. The Kier molecular flexibility index (Phi) is 17.9. The number of pyridine rings is 1. The lowest BCUT2D eigenvalue weighted by molar-refractivity contribution is -0.131. The number of nitrogens with zero attached hydrogens (tertiary/aromatic N) is 1. The first-order valence-electron chi connectivity index (χ1n) is 15.9. The van der Waals surface area contributed by atoms with E-state index >= 15 is 0 Å². The maximum absolute atomic E-state index is 13.4. The Morgan fingerprint density at radius 3 is 2.00 bits per heavy atom. The molecule has 0 saturated carbocycles. The molecule has 3 unspecified atom stereocenters. The normalized spacial score (nSPS) is 14.6. The van der Waals surface area contributed by atoms with Crippen molar-refractivity contribution in [2.75, 3.05) is 19.6 Å². The van der Waals surface area contributed by atoms with Crippen molar-refractivity contribution in [3.8, 4) is 0 Å². The van der Waals surface area contributed by atoms with Crippen LogP contribution in [0.5, 0.6) is 0 Å². The Balaban J connectivity index is 2.89. The number of hydrogen-bond donors (Lipinski definition) is 6. The average Bonchev–Trinajstić information content (AvgIpc) is 2.97. The molecule has 1 aromatic rings. The lowest BCUT2D eigenvalue weighted by Crippen LogP contribution is -2.57. The first kappa shape index (κ1) is 38.5. The lowest BCUT2D eigenvalue weighted by atomic mass is 9.97. The lowest BCUT2D eigenvalue weighted by Gasteiger charge is -2.28. The summed E-state index contributed by atoms with van der Waals surface area (Å²) < 4.78 is 0. The number of amides is 5. The summed E-state index contributed by atoms with van der Waals surface area (Å²) in [6.07, 6.45) is 5.40. The van der Waals surface area contributed by atoms with Crippen LogP contribution < -0.4 is 31.9 Å². The van der Waals surface area contributed by atoms with Crippen molar-refractivity contribution in [3.05, 3.63) is 30.1 Å². The zero-order valence-corrected chi connectivity index (χ0v) is 27.8. The number of nitrogens with one attached hydrogen (secondary N) is 6. The summed E-state index contributed by atoms with van der Waals surface area (Å²) in [5.41, 5.74) is 0.394. The first-order chi connectivity index (χ1) is 20.8. The molecule has 248 valence electrons. The highest BCUT2D eigenvalue weighted by molar-refractivity contribution is 5.98. The van der Waals surface area contributed by atoms with Gasteiger partial charge in [0.25, 0.3) is 5.91 Å². The second-order valence-corrected chi connectivity index (χ2v) is 12.1. The molecule has 12 nitrogen and oxygen atoms in total. The van der Waals surface area contributed by atoms with Crippen LogP contribution in [0.15, 0.2) is 24.5 Å². The van der Waals surface area contributed by atoms with Crippen molar-refractivity contribution in [1.29, 1.82) is 0 Å². The van der Waals surface area contributed by atoms with E-state index in [4.69, 9.17) is 0 Å². The molecule has 0 aliphatic carbocycles. The molecule has 0 aromatic carbocycles. The minimum Gasteiger partial charge on any atom is -0.355 e. The molecule has 12 heteroatoms. The fourth-order valence-electron chi connectivity index (χ4n) is 4.72. The number of carbonyl (C=O) groups is 5. The smallest absolute Gasteiger partial charge is 0.252 e. The van der Waals surface area contributed by atoms with E-state index in [0.29, 0.717) is 44.3 Å². The van der Waals surface area contributed by atoms with Gasteiger partial charge in [-0.15, -0.1) is 0 Å². The van der Waals surface area contributed by atoms with E-state index in [9.17, 15) is 24.0 Å². The minimum absolute atomic E-state index is 0.0179. The van der Waals surface area contributed by atoms with Crippen LogP contribution in [0.25, 0.3) is 0 Å². The van der Waals surface area contributed by atoms with E-state index < -0.39 is 24.0 Å². The molecule has 1 aromatic heterocycles. The van der Waals surface area contributed by atoms with Crippen LogP contribution in [0.4, 0.5) is 0 Å². The van der Waals surface area contributed by atoms with Gasteiger partial charge in [-0.2, -0.15) is 0 Å². The van der Waals surface area contributed by atoms with E-state index in [2.05, 4.69) is 36.9 Å². The maximum atomic E-state index is 13.4. The van der Waals surface area contributed by atoms with Gasteiger partial charge in [0, 0.05) is 37.1 Å². The van der Waals surface area contributed by atoms with Gasteiger partial charge in [-0.1, -0.05) is 61.3 Å². The molecular formula is C32H55N7O5. The molecule has 0 radical (unpaired) electrons. The quantitative estimate of drug-likeness (QED) is 0.130. The zero-order chi connectivity index (χ0) is 33.2. The third-order valence-corrected chi connectivity index (χ3v) is 7.33. The number of carbonyl (C=O) groups excluding carboxylic acids is 5. The van der Waals surface area contributed by atoms with E-state index in [-0.39, 0.29) is 54.0 Å². The van der Waals surface area contributed by atoms with E-state index in [1.165, 1.54) is 12.4 Å². The Morgan fingerprint density at radius 1 is 0.795 bits per heavy atom. The topological polar surface area (TPSA) is 170 Å². The van der Waals surface area contributed by atoms with Gasteiger partial charge in [0.05, 0.1) is 6.54 Å². The highest BCUT2D eigenvalue weighted by Crippen LogP contribution is 2.12. The standard InChI is InChI=1S/C32H55N7O5/c1-9-12-25(37-32(44)28(22(8)10-2)39-29(41)23-13-15-33-16-14-23)30(42)36-24(17-20(4)5)18-34-19-26(40)38-27(21(6)7)31(43)35-11-3/h13-16,20-22,24-25,27-28,34H,9-12,17-19H2,1-8H3,(H,35,43)(H,36,42)(H,37,44)(H,38,40)(H,39,41)/t22-,24?,25-,27?,28?/m0/s1.